The molecule has 0 saturated carbocycles. The minimum absolute atomic E-state index is 0.126. The van der Waals surface area contributed by atoms with Crippen molar-refractivity contribution in [3.63, 3.8) is 0 Å². The molecule has 3 aromatic rings. The van der Waals surface area contributed by atoms with E-state index in [1.54, 1.807) is 66.4 Å². The van der Waals surface area contributed by atoms with Gasteiger partial charge < -0.3 is 9.80 Å². The molecule has 0 radical (unpaired) electrons. The van der Waals surface area contributed by atoms with Crippen molar-refractivity contribution in [1.82, 2.24) is 4.90 Å². The highest BCUT2D eigenvalue weighted by Crippen LogP contribution is 2.23. The molecule has 1 N–H and O–H groups in total. The molecule has 0 atom stereocenters. The second-order valence-corrected chi connectivity index (χ2v) is 9.36. The largest absolute Gasteiger partial charge is 0.366 e. The van der Waals surface area contributed by atoms with Gasteiger partial charge in [0.15, 0.2) is 0 Å². The number of nitrogens with zero attached hydrogens (tertiary/aromatic N) is 2. The number of halogens is 1. The third-order valence-electron chi connectivity index (χ3n) is 5.53. The summed E-state index contributed by atoms with van der Waals surface area (Å²) in [6.45, 7) is 3.81. The van der Waals surface area contributed by atoms with E-state index in [-0.39, 0.29) is 16.6 Å². The lowest BCUT2D eigenvalue weighted by atomic mass is 10.1. The highest BCUT2D eigenvalue weighted by atomic mass is 32.2. The van der Waals surface area contributed by atoms with E-state index in [1.165, 1.54) is 18.2 Å². The Labute approximate surface area is 187 Å². The summed E-state index contributed by atoms with van der Waals surface area (Å²) in [4.78, 5) is 16.8. The van der Waals surface area contributed by atoms with Crippen molar-refractivity contribution in [3.8, 4) is 0 Å². The molecule has 6 nitrogen and oxygen atoms in total. The lowest BCUT2D eigenvalue weighted by Crippen LogP contribution is -2.49. The minimum Gasteiger partial charge on any atom is -0.366 e. The molecular weight excluding hydrogens is 429 g/mol. The second-order valence-electron chi connectivity index (χ2n) is 7.68. The van der Waals surface area contributed by atoms with Crippen LogP contribution in [0.5, 0.6) is 0 Å². The number of amides is 1. The quantitative estimate of drug-likeness (QED) is 0.636. The van der Waals surface area contributed by atoms with E-state index in [9.17, 15) is 17.6 Å². The maximum absolute atomic E-state index is 14.0. The van der Waals surface area contributed by atoms with Gasteiger partial charge in [-0.15, -0.1) is 0 Å². The van der Waals surface area contributed by atoms with Crippen LogP contribution in [0.3, 0.4) is 0 Å². The summed E-state index contributed by atoms with van der Waals surface area (Å²) in [5.41, 5.74) is 2.12. The number of carbonyl (C=O) groups is 1. The van der Waals surface area contributed by atoms with Crippen LogP contribution in [0.4, 0.5) is 15.8 Å². The minimum atomic E-state index is -3.71. The van der Waals surface area contributed by atoms with Gasteiger partial charge in [0, 0.05) is 31.7 Å². The summed E-state index contributed by atoms with van der Waals surface area (Å²) in [7, 11) is -3.71. The van der Waals surface area contributed by atoms with Crippen LogP contribution < -0.4 is 9.62 Å². The first kappa shape index (κ1) is 21.8. The van der Waals surface area contributed by atoms with Crippen molar-refractivity contribution in [2.75, 3.05) is 35.8 Å². The first-order chi connectivity index (χ1) is 15.3. The Bertz CT molecular complexity index is 1220. The number of rotatable bonds is 5. The summed E-state index contributed by atoms with van der Waals surface area (Å²) in [6.07, 6.45) is 0. The zero-order chi connectivity index (χ0) is 22.7. The van der Waals surface area contributed by atoms with Crippen LogP contribution in [-0.2, 0) is 10.0 Å². The molecule has 4 rings (SSSR count). The SMILES string of the molecule is Cc1cc(C(=O)N2CCN(c3ccccc3F)CC2)ccc1NS(=O)(=O)c1ccccc1. The molecule has 1 fully saturated rings. The van der Waals surface area contributed by atoms with Crippen molar-refractivity contribution in [2.24, 2.45) is 0 Å². The number of sulfonamides is 1. The molecule has 1 aliphatic heterocycles. The fourth-order valence-electron chi connectivity index (χ4n) is 3.76. The third-order valence-corrected chi connectivity index (χ3v) is 6.91. The summed E-state index contributed by atoms with van der Waals surface area (Å²) >= 11 is 0. The molecule has 1 aliphatic rings. The maximum Gasteiger partial charge on any atom is 0.261 e. The first-order valence-electron chi connectivity index (χ1n) is 10.3. The highest BCUT2D eigenvalue weighted by Gasteiger charge is 2.24. The fraction of sp³-hybridized carbons (Fsp3) is 0.208. The summed E-state index contributed by atoms with van der Waals surface area (Å²) in [5, 5.41) is 0. The molecule has 32 heavy (non-hydrogen) atoms. The number of aryl methyl sites for hydroxylation is 1. The van der Waals surface area contributed by atoms with Gasteiger partial charge in [-0.1, -0.05) is 30.3 Å². The Morgan fingerprint density at radius 2 is 1.56 bits per heavy atom. The Morgan fingerprint density at radius 3 is 2.22 bits per heavy atom. The van der Waals surface area contributed by atoms with Crippen LogP contribution in [0.2, 0.25) is 0 Å². The standard InChI is InChI=1S/C24H24FN3O3S/c1-18-17-19(11-12-22(18)26-32(30,31)20-7-3-2-4-8-20)24(29)28-15-13-27(14-16-28)23-10-6-5-9-21(23)25/h2-12,17,26H,13-16H2,1H3. The zero-order valence-corrected chi connectivity index (χ0v) is 18.5. The van der Waals surface area contributed by atoms with E-state index in [0.29, 0.717) is 48.7 Å². The third kappa shape index (κ3) is 4.60. The van der Waals surface area contributed by atoms with Gasteiger partial charge in [0.2, 0.25) is 0 Å². The Kier molecular flexibility index (Phi) is 6.14. The molecule has 0 aromatic heterocycles. The van der Waals surface area contributed by atoms with Crippen molar-refractivity contribution >= 4 is 27.3 Å². The number of piperazine rings is 1. The number of para-hydroxylation sites is 1. The van der Waals surface area contributed by atoms with Crippen molar-refractivity contribution in [1.29, 1.82) is 0 Å². The molecule has 0 unspecified atom stereocenters. The van der Waals surface area contributed by atoms with Crippen molar-refractivity contribution < 1.29 is 17.6 Å². The molecule has 1 heterocycles. The smallest absolute Gasteiger partial charge is 0.261 e. The van der Waals surface area contributed by atoms with Crippen LogP contribution in [-0.4, -0.2) is 45.4 Å². The summed E-state index contributed by atoms with van der Waals surface area (Å²) in [5.74, 6) is -0.393. The van der Waals surface area contributed by atoms with E-state index in [1.807, 2.05) is 4.90 Å². The van der Waals surface area contributed by atoms with Gasteiger partial charge >= 0.3 is 0 Å². The average Bonchev–Trinajstić information content (AvgIpc) is 2.81. The monoisotopic (exact) mass is 453 g/mol. The maximum atomic E-state index is 14.0. The Morgan fingerprint density at radius 1 is 0.906 bits per heavy atom. The van der Waals surface area contributed by atoms with E-state index >= 15 is 0 Å². The van der Waals surface area contributed by atoms with Crippen LogP contribution in [0.25, 0.3) is 0 Å². The van der Waals surface area contributed by atoms with E-state index < -0.39 is 10.0 Å². The normalized spacial score (nSPS) is 14.3. The predicted octanol–water partition coefficient (Wildman–Crippen LogP) is 3.90. The van der Waals surface area contributed by atoms with Gasteiger partial charge in [0.25, 0.3) is 15.9 Å². The number of anilines is 2. The van der Waals surface area contributed by atoms with Crippen LogP contribution in [0.15, 0.2) is 77.7 Å². The number of carbonyl (C=O) groups excluding carboxylic acids is 1. The van der Waals surface area contributed by atoms with Gasteiger partial charge in [-0.25, -0.2) is 12.8 Å². The lowest BCUT2D eigenvalue weighted by molar-refractivity contribution is 0.0746. The van der Waals surface area contributed by atoms with Crippen molar-refractivity contribution in [2.45, 2.75) is 11.8 Å². The summed E-state index contributed by atoms with van der Waals surface area (Å²) in [6, 6.07) is 19.7. The van der Waals surface area contributed by atoms with Gasteiger partial charge in [-0.05, 0) is 55.0 Å². The van der Waals surface area contributed by atoms with Gasteiger partial charge in [0.05, 0.1) is 16.3 Å². The second kappa shape index (κ2) is 9.00. The highest BCUT2D eigenvalue weighted by molar-refractivity contribution is 7.92. The van der Waals surface area contributed by atoms with Crippen molar-refractivity contribution in [3.05, 3.63) is 89.7 Å². The number of hydrogen-bond donors (Lipinski definition) is 1. The molecule has 0 bridgehead atoms. The van der Waals surface area contributed by atoms with Gasteiger partial charge in [-0.2, -0.15) is 0 Å². The molecule has 3 aromatic carbocycles. The van der Waals surface area contributed by atoms with Gasteiger partial charge in [-0.3, -0.25) is 9.52 Å². The number of hydrogen-bond acceptors (Lipinski definition) is 4. The van der Waals surface area contributed by atoms with Crippen LogP contribution in [0, 0.1) is 12.7 Å². The molecule has 166 valence electrons. The van der Waals surface area contributed by atoms with Gasteiger partial charge in [0.1, 0.15) is 5.82 Å². The Balaban J connectivity index is 1.43. The molecule has 1 saturated heterocycles. The lowest BCUT2D eigenvalue weighted by Gasteiger charge is -2.36. The molecular formula is C24H24FN3O3S. The number of benzene rings is 3. The predicted molar refractivity (Wildman–Crippen MR) is 123 cm³/mol. The van der Waals surface area contributed by atoms with Crippen LogP contribution in [0.1, 0.15) is 15.9 Å². The zero-order valence-electron chi connectivity index (χ0n) is 17.7. The molecule has 8 heteroatoms. The Hall–Kier alpha value is -3.39. The molecule has 1 amide bonds. The first-order valence-corrected chi connectivity index (χ1v) is 11.8. The van der Waals surface area contributed by atoms with E-state index in [0.717, 1.165) is 0 Å². The fourth-order valence-corrected chi connectivity index (χ4v) is 4.91. The van der Waals surface area contributed by atoms with E-state index in [4.69, 9.17) is 0 Å². The molecule has 0 aliphatic carbocycles. The van der Waals surface area contributed by atoms with Crippen LogP contribution >= 0.6 is 0 Å². The van der Waals surface area contributed by atoms with E-state index in [2.05, 4.69) is 4.72 Å². The average molecular weight is 454 g/mol. The topological polar surface area (TPSA) is 69.7 Å². The molecule has 0 spiro atoms. The number of nitrogens with one attached hydrogen (secondary N) is 1. The summed E-state index contributed by atoms with van der Waals surface area (Å²) < 4.78 is 41.8.